The van der Waals surface area contributed by atoms with Crippen molar-refractivity contribution >= 4 is 45.9 Å². The highest BCUT2D eigenvalue weighted by atomic mass is 127. The van der Waals surface area contributed by atoms with Crippen LogP contribution in [0.4, 0.5) is 0 Å². The standard InChI is InChI=1S/C16H26BrN3O3.HI/c1-18-16(19-7-4-8-23-10-9-21-2)20-12-13-5-6-15(22-3)14(17)11-13;/h5-6,11H,4,7-10,12H2,1-3H3,(H2,18,19,20);1H. The maximum absolute atomic E-state index is 5.41. The van der Waals surface area contributed by atoms with Gasteiger partial charge >= 0.3 is 0 Å². The largest absolute Gasteiger partial charge is 0.496 e. The molecule has 0 aromatic heterocycles. The molecule has 0 aliphatic carbocycles. The van der Waals surface area contributed by atoms with E-state index in [0.717, 1.165) is 34.7 Å². The first-order valence-electron chi connectivity index (χ1n) is 7.55. The SMILES string of the molecule is CN=C(NCCCOCCOC)NCc1ccc(OC)c(Br)c1.I. The number of ether oxygens (including phenoxy) is 3. The third kappa shape index (κ3) is 9.65. The molecule has 0 fully saturated rings. The van der Waals surface area contributed by atoms with Crippen LogP contribution in [0.15, 0.2) is 27.7 Å². The molecule has 0 saturated heterocycles. The molecule has 0 aliphatic rings. The minimum absolute atomic E-state index is 0. The predicted molar refractivity (Wildman–Crippen MR) is 112 cm³/mol. The van der Waals surface area contributed by atoms with Gasteiger partial charge in [0.25, 0.3) is 0 Å². The molecule has 1 aromatic rings. The number of rotatable bonds is 10. The van der Waals surface area contributed by atoms with Gasteiger partial charge in [0, 0.05) is 33.9 Å². The lowest BCUT2D eigenvalue weighted by Crippen LogP contribution is -2.37. The highest BCUT2D eigenvalue weighted by Gasteiger charge is 2.02. The Morgan fingerprint density at radius 2 is 1.96 bits per heavy atom. The summed E-state index contributed by atoms with van der Waals surface area (Å²) in [6, 6.07) is 5.99. The zero-order valence-electron chi connectivity index (χ0n) is 14.4. The van der Waals surface area contributed by atoms with Crippen molar-refractivity contribution < 1.29 is 14.2 Å². The Balaban J connectivity index is 0.00000529. The fourth-order valence-electron chi connectivity index (χ4n) is 1.85. The summed E-state index contributed by atoms with van der Waals surface area (Å²) < 4.78 is 16.5. The molecule has 6 nitrogen and oxygen atoms in total. The van der Waals surface area contributed by atoms with E-state index >= 15 is 0 Å². The minimum atomic E-state index is 0. The van der Waals surface area contributed by atoms with Crippen LogP contribution in [0, 0.1) is 0 Å². The zero-order valence-corrected chi connectivity index (χ0v) is 18.3. The van der Waals surface area contributed by atoms with E-state index in [1.807, 2.05) is 18.2 Å². The number of hydrogen-bond donors (Lipinski definition) is 2. The number of methoxy groups -OCH3 is 2. The number of hydrogen-bond acceptors (Lipinski definition) is 4. The second-order valence-electron chi connectivity index (χ2n) is 4.78. The van der Waals surface area contributed by atoms with Crippen LogP contribution >= 0.6 is 39.9 Å². The lowest BCUT2D eigenvalue weighted by Gasteiger charge is -2.13. The molecule has 0 unspecified atom stereocenters. The molecule has 138 valence electrons. The summed E-state index contributed by atoms with van der Waals surface area (Å²) >= 11 is 3.49. The van der Waals surface area contributed by atoms with Crippen molar-refractivity contribution in [3.8, 4) is 5.75 Å². The Kier molecular flexibility index (Phi) is 14.4. The number of nitrogens with zero attached hydrogens (tertiary/aromatic N) is 1. The molecule has 0 saturated carbocycles. The Morgan fingerprint density at radius 1 is 1.17 bits per heavy atom. The third-order valence-electron chi connectivity index (χ3n) is 3.09. The van der Waals surface area contributed by atoms with Crippen molar-refractivity contribution in [3.05, 3.63) is 28.2 Å². The van der Waals surface area contributed by atoms with E-state index in [1.54, 1.807) is 21.3 Å². The van der Waals surface area contributed by atoms with E-state index in [0.29, 0.717) is 26.4 Å². The van der Waals surface area contributed by atoms with Gasteiger partial charge in [-0.15, -0.1) is 24.0 Å². The van der Waals surface area contributed by atoms with Crippen LogP contribution in [-0.4, -0.2) is 53.6 Å². The molecule has 0 heterocycles. The van der Waals surface area contributed by atoms with Crippen LogP contribution in [-0.2, 0) is 16.0 Å². The second kappa shape index (κ2) is 14.7. The maximum atomic E-state index is 5.41. The minimum Gasteiger partial charge on any atom is -0.496 e. The van der Waals surface area contributed by atoms with Crippen LogP contribution < -0.4 is 15.4 Å². The van der Waals surface area contributed by atoms with Crippen molar-refractivity contribution in [3.63, 3.8) is 0 Å². The van der Waals surface area contributed by atoms with Crippen LogP contribution in [0.5, 0.6) is 5.75 Å². The van der Waals surface area contributed by atoms with E-state index in [1.165, 1.54) is 0 Å². The fraction of sp³-hybridized carbons (Fsp3) is 0.562. The monoisotopic (exact) mass is 515 g/mol. The van der Waals surface area contributed by atoms with Crippen LogP contribution in [0.25, 0.3) is 0 Å². The quantitative estimate of drug-likeness (QED) is 0.217. The van der Waals surface area contributed by atoms with Crippen molar-refractivity contribution in [1.29, 1.82) is 0 Å². The van der Waals surface area contributed by atoms with Gasteiger partial charge in [-0.25, -0.2) is 0 Å². The number of aliphatic imine (C=N–C) groups is 1. The van der Waals surface area contributed by atoms with E-state index in [2.05, 4.69) is 31.6 Å². The van der Waals surface area contributed by atoms with E-state index in [4.69, 9.17) is 14.2 Å². The fourth-order valence-corrected chi connectivity index (χ4v) is 2.44. The summed E-state index contributed by atoms with van der Waals surface area (Å²) in [5.74, 6) is 1.60. The molecule has 24 heavy (non-hydrogen) atoms. The summed E-state index contributed by atoms with van der Waals surface area (Å²) in [5.41, 5.74) is 1.14. The summed E-state index contributed by atoms with van der Waals surface area (Å²) in [4.78, 5) is 4.20. The van der Waals surface area contributed by atoms with E-state index in [9.17, 15) is 0 Å². The molecule has 0 atom stereocenters. The van der Waals surface area contributed by atoms with Gasteiger partial charge in [0.05, 0.1) is 24.8 Å². The zero-order chi connectivity index (χ0) is 16.9. The van der Waals surface area contributed by atoms with Gasteiger partial charge in [0.1, 0.15) is 5.75 Å². The second-order valence-corrected chi connectivity index (χ2v) is 5.63. The molecular formula is C16H27BrIN3O3. The average Bonchev–Trinajstić information content (AvgIpc) is 2.57. The Bertz CT molecular complexity index is 490. The van der Waals surface area contributed by atoms with Gasteiger partial charge in [0.15, 0.2) is 5.96 Å². The first-order valence-corrected chi connectivity index (χ1v) is 8.34. The molecule has 8 heteroatoms. The number of nitrogens with one attached hydrogen (secondary N) is 2. The topological polar surface area (TPSA) is 64.1 Å². The van der Waals surface area contributed by atoms with Crippen LogP contribution in [0.3, 0.4) is 0 Å². The predicted octanol–water partition coefficient (Wildman–Crippen LogP) is 2.79. The van der Waals surface area contributed by atoms with Crippen molar-refractivity contribution in [2.24, 2.45) is 4.99 Å². The first-order chi connectivity index (χ1) is 11.2. The molecule has 0 radical (unpaired) electrons. The number of halogens is 2. The molecule has 1 aromatic carbocycles. The molecule has 0 aliphatic heterocycles. The van der Waals surface area contributed by atoms with E-state index in [-0.39, 0.29) is 24.0 Å². The van der Waals surface area contributed by atoms with Crippen molar-refractivity contribution in [2.45, 2.75) is 13.0 Å². The Labute approximate surface area is 169 Å². The van der Waals surface area contributed by atoms with Crippen LogP contribution in [0.1, 0.15) is 12.0 Å². The summed E-state index contributed by atoms with van der Waals surface area (Å²) in [6.45, 7) is 3.47. The molecule has 0 amide bonds. The molecule has 1 rings (SSSR count). The van der Waals surface area contributed by atoms with Gasteiger partial charge in [-0.2, -0.15) is 0 Å². The van der Waals surface area contributed by atoms with Gasteiger partial charge < -0.3 is 24.8 Å². The van der Waals surface area contributed by atoms with Crippen molar-refractivity contribution in [1.82, 2.24) is 10.6 Å². The van der Waals surface area contributed by atoms with Crippen LogP contribution in [0.2, 0.25) is 0 Å². The Morgan fingerprint density at radius 3 is 2.58 bits per heavy atom. The van der Waals surface area contributed by atoms with Gasteiger partial charge in [0.2, 0.25) is 0 Å². The lowest BCUT2D eigenvalue weighted by atomic mass is 10.2. The Hall–Kier alpha value is -0.580. The normalized spacial score (nSPS) is 10.9. The highest BCUT2D eigenvalue weighted by molar-refractivity contribution is 14.0. The molecule has 0 bridgehead atoms. The third-order valence-corrected chi connectivity index (χ3v) is 3.71. The smallest absolute Gasteiger partial charge is 0.191 e. The van der Waals surface area contributed by atoms with Gasteiger partial charge in [-0.1, -0.05) is 6.07 Å². The lowest BCUT2D eigenvalue weighted by molar-refractivity contribution is 0.0698. The summed E-state index contributed by atoms with van der Waals surface area (Å²) in [5, 5.41) is 6.54. The molecule has 0 spiro atoms. The maximum Gasteiger partial charge on any atom is 0.191 e. The average molecular weight is 516 g/mol. The summed E-state index contributed by atoms with van der Waals surface area (Å²) in [7, 11) is 5.08. The molecular weight excluding hydrogens is 489 g/mol. The van der Waals surface area contributed by atoms with E-state index < -0.39 is 0 Å². The number of benzene rings is 1. The van der Waals surface area contributed by atoms with Gasteiger partial charge in [-0.05, 0) is 40.0 Å². The van der Waals surface area contributed by atoms with Crippen molar-refractivity contribution in [2.75, 3.05) is 47.6 Å². The summed E-state index contributed by atoms with van der Waals surface area (Å²) in [6.07, 6.45) is 0.915. The molecule has 2 N–H and O–H groups in total. The number of guanidine groups is 1. The van der Waals surface area contributed by atoms with Gasteiger partial charge in [-0.3, -0.25) is 4.99 Å². The highest BCUT2D eigenvalue weighted by Crippen LogP contribution is 2.25. The first kappa shape index (κ1) is 23.4.